The highest BCUT2D eigenvalue weighted by Crippen LogP contribution is 2.28. The monoisotopic (exact) mass is 428 g/mol. The molecule has 0 bridgehead atoms. The Morgan fingerprint density at radius 1 is 1.13 bits per heavy atom. The van der Waals surface area contributed by atoms with Gasteiger partial charge in [0.05, 0.1) is 10.6 Å². The minimum absolute atomic E-state index is 0.0902. The molecule has 156 valence electrons. The molecular formula is C21H21FN4O3S. The lowest BCUT2D eigenvalue weighted by atomic mass is 10.2. The van der Waals surface area contributed by atoms with Crippen LogP contribution in [0.1, 0.15) is 28.2 Å². The van der Waals surface area contributed by atoms with Crippen LogP contribution in [0.5, 0.6) is 0 Å². The number of anilines is 1. The van der Waals surface area contributed by atoms with Crippen molar-refractivity contribution in [1.82, 2.24) is 14.1 Å². The third kappa shape index (κ3) is 3.61. The van der Waals surface area contributed by atoms with Gasteiger partial charge in [0.25, 0.3) is 5.91 Å². The van der Waals surface area contributed by atoms with E-state index in [0.29, 0.717) is 17.1 Å². The number of hydrogen-bond donors (Lipinski definition) is 1. The number of halogens is 1. The van der Waals surface area contributed by atoms with E-state index >= 15 is 0 Å². The van der Waals surface area contributed by atoms with Gasteiger partial charge >= 0.3 is 0 Å². The smallest absolute Gasteiger partial charge is 0.276 e. The molecule has 30 heavy (non-hydrogen) atoms. The van der Waals surface area contributed by atoms with Gasteiger partial charge in [-0.2, -0.15) is 5.10 Å². The first kappa shape index (κ1) is 20.2. The van der Waals surface area contributed by atoms with E-state index in [1.54, 1.807) is 28.9 Å². The van der Waals surface area contributed by atoms with Crippen molar-refractivity contribution in [2.24, 2.45) is 0 Å². The van der Waals surface area contributed by atoms with Crippen LogP contribution in [-0.4, -0.2) is 42.5 Å². The second-order valence-electron chi connectivity index (χ2n) is 7.29. The number of aromatic nitrogens is 2. The topological polar surface area (TPSA) is 84.3 Å². The van der Waals surface area contributed by atoms with E-state index in [-0.39, 0.29) is 10.7 Å². The Balaban J connectivity index is 1.65. The van der Waals surface area contributed by atoms with Crippen LogP contribution in [0, 0.1) is 5.82 Å². The molecule has 1 aromatic heterocycles. The number of amides is 1. The van der Waals surface area contributed by atoms with E-state index < -0.39 is 15.9 Å². The lowest BCUT2D eigenvalue weighted by Gasteiger charge is -2.12. The summed E-state index contributed by atoms with van der Waals surface area (Å²) in [5, 5.41) is 7.24. The molecular weight excluding hydrogens is 407 g/mol. The fourth-order valence-corrected chi connectivity index (χ4v) is 4.50. The van der Waals surface area contributed by atoms with Crippen molar-refractivity contribution in [1.29, 1.82) is 0 Å². The van der Waals surface area contributed by atoms with Crippen LogP contribution in [0.2, 0.25) is 0 Å². The summed E-state index contributed by atoms with van der Waals surface area (Å²) in [6.45, 7) is 0. The predicted octanol–water partition coefficient (Wildman–Crippen LogP) is 3.00. The average molecular weight is 428 g/mol. The van der Waals surface area contributed by atoms with Crippen molar-refractivity contribution in [3.63, 3.8) is 0 Å². The first-order valence-corrected chi connectivity index (χ1v) is 10.9. The van der Waals surface area contributed by atoms with Crippen LogP contribution in [0.25, 0.3) is 5.69 Å². The van der Waals surface area contributed by atoms with Crippen molar-refractivity contribution in [3.05, 3.63) is 71.3 Å². The number of sulfonamides is 1. The molecule has 0 aliphatic heterocycles. The number of nitrogens with zero attached hydrogens (tertiary/aromatic N) is 3. The van der Waals surface area contributed by atoms with Crippen molar-refractivity contribution < 1.29 is 17.6 Å². The number of rotatable bonds is 5. The summed E-state index contributed by atoms with van der Waals surface area (Å²) in [6.07, 6.45) is 2.42. The Bertz CT molecular complexity index is 1220. The first-order valence-electron chi connectivity index (χ1n) is 9.48. The van der Waals surface area contributed by atoms with E-state index in [1.807, 2.05) is 0 Å². The molecule has 0 atom stereocenters. The van der Waals surface area contributed by atoms with E-state index in [4.69, 9.17) is 0 Å². The first-order chi connectivity index (χ1) is 14.3. The summed E-state index contributed by atoms with van der Waals surface area (Å²) in [5.74, 6) is -0.749. The lowest BCUT2D eigenvalue weighted by Crippen LogP contribution is -2.22. The van der Waals surface area contributed by atoms with Crippen LogP contribution in [0.3, 0.4) is 0 Å². The Kier molecular flexibility index (Phi) is 5.17. The van der Waals surface area contributed by atoms with Crippen molar-refractivity contribution >= 4 is 21.6 Å². The number of carbonyl (C=O) groups excluding carboxylic acids is 1. The zero-order valence-corrected chi connectivity index (χ0v) is 17.4. The molecule has 0 saturated carbocycles. The van der Waals surface area contributed by atoms with Crippen LogP contribution in [0.15, 0.2) is 53.4 Å². The molecule has 1 aliphatic rings. The molecule has 0 saturated heterocycles. The second kappa shape index (κ2) is 7.66. The molecule has 0 unspecified atom stereocenters. The van der Waals surface area contributed by atoms with Crippen LogP contribution in [0.4, 0.5) is 10.1 Å². The zero-order chi connectivity index (χ0) is 21.5. The summed E-state index contributed by atoms with van der Waals surface area (Å²) in [7, 11) is -0.712. The molecule has 1 aliphatic carbocycles. The Morgan fingerprint density at radius 2 is 1.87 bits per heavy atom. The molecule has 0 spiro atoms. The van der Waals surface area contributed by atoms with Gasteiger partial charge in [-0.3, -0.25) is 4.79 Å². The summed E-state index contributed by atoms with van der Waals surface area (Å²) >= 11 is 0. The molecule has 1 heterocycles. The Labute approximate surface area is 174 Å². The molecule has 1 amide bonds. The number of fused-ring (bicyclic) bond motifs is 1. The molecule has 0 fully saturated rings. The van der Waals surface area contributed by atoms with Gasteiger partial charge in [0.1, 0.15) is 5.82 Å². The fourth-order valence-electron chi connectivity index (χ4n) is 3.55. The van der Waals surface area contributed by atoms with E-state index in [1.165, 1.54) is 38.4 Å². The van der Waals surface area contributed by atoms with Crippen molar-refractivity contribution in [3.8, 4) is 5.69 Å². The number of hydrogen-bond acceptors (Lipinski definition) is 4. The average Bonchev–Trinajstić information content (AvgIpc) is 3.31. The zero-order valence-electron chi connectivity index (χ0n) is 16.6. The van der Waals surface area contributed by atoms with Gasteiger partial charge in [0, 0.05) is 31.0 Å². The van der Waals surface area contributed by atoms with Gasteiger partial charge < -0.3 is 5.32 Å². The molecule has 7 nitrogen and oxygen atoms in total. The summed E-state index contributed by atoms with van der Waals surface area (Å²) in [5.41, 5.74) is 3.16. The standard InChI is InChI=1S/C21H21FN4O3S/c1-25(2)30(28,29)17-6-3-5-15(13-17)23-21(27)20-18-7-4-8-19(18)26(24-20)16-11-9-14(22)10-12-16/h3,5-6,9-13H,4,7-8H2,1-2H3,(H,23,27). The molecule has 4 rings (SSSR count). The third-order valence-electron chi connectivity index (χ3n) is 5.09. The number of carbonyl (C=O) groups is 1. The molecule has 2 aromatic carbocycles. The highest BCUT2D eigenvalue weighted by molar-refractivity contribution is 7.89. The van der Waals surface area contributed by atoms with Gasteiger partial charge in [-0.15, -0.1) is 0 Å². The quantitative estimate of drug-likeness (QED) is 0.677. The lowest BCUT2D eigenvalue weighted by molar-refractivity contribution is 0.102. The maximum atomic E-state index is 13.3. The van der Waals surface area contributed by atoms with Gasteiger partial charge in [0.15, 0.2) is 5.69 Å². The Hall–Kier alpha value is -3.04. The van der Waals surface area contributed by atoms with Crippen LogP contribution in [-0.2, 0) is 22.9 Å². The predicted molar refractivity (Wildman–Crippen MR) is 111 cm³/mol. The minimum Gasteiger partial charge on any atom is -0.321 e. The van der Waals surface area contributed by atoms with Crippen LogP contribution >= 0.6 is 0 Å². The fraction of sp³-hybridized carbons (Fsp3) is 0.238. The Morgan fingerprint density at radius 3 is 2.57 bits per heavy atom. The number of nitrogens with one attached hydrogen (secondary N) is 1. The van der Waals surface area contributed by atoms with Crippen molar-refractivity contribution in [2.75, 3.05) is 19.4 Å². The van der Waals surface area contributed by atoms with Gasteiger partial charge in [-0.25, -0.2) is 21.8 Å². The van der Waals surface area contributed by atoms with E-state index in [2.05, 4.69) is 10.4 Å². The normalized spacial score (nSPS) is 13.5. The molecule has 1 N–H and O–H groups in total. The minimum atomic E-state index is -3.61. The highest BCUT2D eigenvalue weighted by atomic mass is 32.2. The van der Waals surface area contributed by atoms with E-state index in [0.717, 1.165) is 34.8 Å². The van der Waals surface area contributed by atoms with Gasteiger partial charge in [-0.1, -0.05) is 6.07 Å². The second-order valence-corrected chi connectivity index (χ2v) is 9.44. The SMILES string of the molecule is CN(C)S(=O)(=O)c1cccc(NC(=O)c2nn(-c3ccc(F)cc3)c3c2CCC3)c1. The largest absolute Gasteiger partial charge is 0.321 e. The molecule has 0 radical (unpaired) electrons. The number of benzene rings is 2. The van der Waals surface area contributed by atoms with Gasteiger partial charge in [-0.05, 0) is 61.7 Å². The summed E-state index contributed by atoms with van der Waals surface area (Å²) < 4.78 is 40.8. The molecule has 9 heteroatoms. The maximum Gasteiger partial charge on any atom is 0.276 e. The van der Waals surface area contributed by atoms with Crippen molar-refractivity contribution in [2.45, 2.75) is 24.2 Å². The third-order valence-corrected chi connectivity index (χ3v) is 6.90. The summed E-state index contributed by atoms with van der Waals surface area (Å²) in [4.78, 5) is 13.1. The van der Waals surface area contributed by atoms with Crippen LogP contribution < -0.4 is 5.32 Å². The highest BCUT2D eigenvalue weighted by Gasteiger charge is 2.27. The molecule has 3 aromatic rings. The van der Waals surface area contributed by atoms with E-state index in [9.17, 15) is 17.6 Å². The maximum absolute atomic E-state index is 13.3. The van der Waals surface area contributed by atoms with Gasteiger partial charge in [0.2, 0.25) is 10.0 Å². The summed E-state index contributed by atoms with van der Waals surface area (Å²) in [6, 6.07) is 12.1.